The highest BCUT2D eigenvalue weighted by atomic mass is 28.4. The van der Waals surface area contributed by atoms with Crippen LogP contribution in [0.3, 0.4) is 0 Å². The molecule has 0 aromatic heterocycles. The molecule has 0 radical (unpaired) electrons. The van der Waals surface area contributed by atoms with Gasteiger partial charge < -0.3 is 13.9 Å². The maximum atomic E-state index is 7.12. The predicted molar refractivity (Wildman–Crippen MR) is 127 cm³/mol. The lowest BCUT2D eigenvalue weighted by Gasteiger charge is -2.46. The molecule has 3 rings (SSSR count). The minimum absolute atomic E-state index is 0.0170. The Hall–Kier alpha value is -1.46. The first kappa shape index (κ1) is 23.2. The Morgan fingerprint density at radius 3 is 1.97 bits per heavy atom. The van der Waals surface area contributed by atoms with Gasteiger partial charge in [0.25, 0.3) is 8.32 Å². The first-order valence-corrected chi connectivity index (χ1v) is 13.0. The zero-order valence-electron chi connectivity index (χ0n) is 19.6. The van der Waals surface area contributed by atoms with Crippen LogP contribution in [0.25, 0.3) is 0 Å². The van der Waals surface area contributed by atoms with Gasteiger partial charge in [-0.25, -0.2) is 0 Å². The normalized spacial score (nSPS) is 23.2. The van der Waals surface area contributed by atoms with Gasteiger partial charge in [-0.3, -0.25) is 0 Å². The molecule has 3 atom stereocenters. The van der Waals surface area contributed by atoms with E-state index in [2.05, 4.69) is 95.3 Å². The largest absolute Gasteiger partial charge is 0.407 e. The predicted octanol–water partition coefficient (Wildman–Crippen LogP) is 4.99. The van der Waals surface area contributed by atoms with Gasteiger partial charge in [-0.15, -0.1) is 0 Å². The quantitative estimate of drug-likeness (QED) is 0.609. The summed E-state index contributed by atoms with van der Waals surface area (Å²) in [5.41, 5.74) is 0. The monoisotopic (exact) mass is 426 g/mol. The minimum atomic E-state index is -2.52. The van der Waals surface area contributed by atoms with E-state index in [1.807, 2.05) is 13.8 Å². The number of hydrogen-bond acceptors (Lipinski definition) is 3. The summed E-state index contributed by atoms with van der Waals surface area (Å²) in [5, 5.41) is 2.62. The first-order chi connectivity index (χ1) is 14.1. The van der Waals surface area contributed by atoms with Gasteiger partial charge in [-0.2, -0.15) is 0 Å². The van der Waals surface area contributed by atoms with Crippen LogP contribution in [-0.4, -0.2) is 33.4 Å². The Balaban J connectivity index is 1.95. The molecule has 0 aliphatic carbocycles. The fourth-order valence-corrected chi connectivity index (χ4v) is 9.36. The Morgan fingerprint density at radius 2 is 1.50 bits per heavy atom. The SMILES string of the molecule is C[C@H](CO[Si](c1ccccc1)(c1ccccc1)C(C)(C)C)[C@H]1OC(C)(C)OC[C@@H]1C. The molecule has 1 aliphatic heterocycles. The van der Waals surface area contributed by atoms with Crippen molar-refractivity contribution >= 4 is 18.7 Å². The van der Waals surface area contributed by atoms with Crippen molar-refractivity contribution in [1.82, 2.24) is 0 Å². The van der Waals surface area contributed by atoms with E-state index < -0.39 is 14.1 Å². The van der Waals surface area contributed by atoms with E-state index in [0.29, 0.717) is 12.5 Å². The van der Waals surface area contributed by atoms with Crippen molar-refractivity contribution in [1.29, 1.82) is 0 Å². The molecule has 1 saturated heterocycles. The third kappa shape index (κ3) is 4.72. The minimum Gasteiger partial charge on any atom is -0.407 e. The summed E-state index contributed by atoms with van der Waals surface area (Å²) < 4.78 is 19.3. The molecule has 0 unspecified atom stereocenters. The summed E-state index contributed by atoms with van der Waals surface area (Å²) in [6, 6.07) is 21.7. The average Bonchev–Trinajstić information content (AvgIpc) is 2.71. The highest BCUT2D eigenvalue weighted by Gasteiger charge is 2.50. The Bertz CT molecular complexity index is 759. The number of hydrogen-bond donors (Lipinski definition) is 0. The highest BCUT2D eigenvalue weighted by Crippen LogP contribution is 2.38. The fourth-order valence-electron chi connectivity index (χ4n) is 4.69. The Morgan fingerprint density at radius 1 is 1.00 bits per heavy atom. The molecule has 1 fully saturated rings. The van der Waals surface area contributed by atoms with Crippen molar-refractivity contribution < 1.29 is 13.9 Å². The standard InChI is InChI=1S/C26H38O3Si/c1-20-18-27-26(6,7)29-24(20)21(2)19-28-30(25(3,4)5,22-14-10-8-11-15-22)23-16-12-9-13-17-23/h8-17,20-21,24H,18-19H2,1-7H3/t20-,21+,24-/m0/s1. The average molecular weight is 427 g/mol. The van der Waals surface area contributed by atoms with Crippen molar-refractivity contribution in [2.45, 2.75) is 65.4 Å². The van der Waals surface area contributed by atoms with Gasteiger partial charge in [0.05, 0.1) is 12.7 Å². The molecule has 1 heterocycles. The van der Waals surface area contributed by atoms with Crippen LogP contribution in [0.4, 0.5) is 0 Å². The van der Waals surface area contributed by atoms with Crippen LogP contribution in [-0.2, 0) is 13.9 Å². The van der Waals surface area contributed by atoms with E-state index in [-0.39, 0.29) is 17.1 Å². The van der Waals surface area contributed by atoms with E-state index in [1.54, 1.807) is 0 Å². The topological polar surface area (TPSA) is 27.7 Å². The van der Waals surface area contributed by atoms with Crippen molar-refractivity contribution in [3.8, 4) is 0 Å². The number of benzene rings is 2. The summed E-state index contributed by atoms with van der Waals surface area (Å²) in [5.74, 6) is 0.0728. The summed E-state index contributed by atoms with van der Waals surface area (Å²) in [4.78, 5) is 0. The molecular weight excluding hydrogens is 388 g/mol. The molecule has 3 nitrogen and oxygen atoms in total. The van der Waals surface area contributed by atoms with Gasteiger partial charge >= 0.3 is 0 Å². The lowest BCUT2D eigenvalue weighted by Crippen LogP contribution is -2.67. The van der Waals surface area contributed by atoms with E-state index in [1.165, 1.54) is 10.4 Å². The van der Waals surface area contributed by atoms with Gasteiger partial charge in [0.15, 0.2) is 5.79 Å². The lowest BCUT2D eigenvalue weighted by molar-refractivity contribution is -0.300. The van der Waals surface area contributed by atoms with Crippen LogP contribution in [0.1, 0.15) is 48.5 Å². The molecule has 0 saturated carbocycles. The second-order valence-corrected chi connectivity index (χ2v) is 14.5. The van der Waals surface area contributed by atoms with Gasteiger partial charge in [-0.1, -0.05) is 95.3 Å². The van der Waals surface area contributed by atoms with Crippen molar-refractivity contribution in [2.75, 3.05) is 13.2 Å². The number of ether oxygens (including phenoxy) is 2. The summed E-state index contributed by atoms with van der Waals surface area (Å²) in [6.07, 6.45) is 0.118. The fraction of sp³-hybridized carbons (Fsp3) is 0.538. The van der Waals surface area contributed by atoms with E-state index in [0.717, 1.165) is 6.61 Å². The summed E-state index contributed by atoms with van der Waals surface area (Å²) in [6.45, 7) is 16.8. The second-order valence-electron chi connectivity index (χ2n) is 10.2. The Kier molecular flexibility index (Phi) is 6.93. The van der Waals surface area contributed by atoms with E-state index >= 15 is 0 Å². The smallest absolute Gasteiger partial charge is 0.261 e. The zero-order valence-corrected chi connectivity index (χ0v) is 20.6. The third-order valence-corrected chi connectivity index (χ3v) is 11.2. The van der Waals surface area contributed by atoms with Crippen molar-refractivity contribution in [2.24, 2.45) is 11.8 Å². The van der Waals surface area contributed by atoms with Crippen LogP contribution in [0.5, 0.6) is 0 Å². The maximum Gasteiger partial charge on any atom is 0.261 e. The van der Waals surface area contributed by atoms with Gasteiger partial charge in [-0.05, 0) is 29.3 Å². The molecule has 30 heavy (non-hydrogen) atoms. The molecule has 4 heteroatoms. The molecule has 0 amide bonds. The Labute approximate surface area is 183 Å². The molecule has 0 N–H and O–H groups in total. The van der Waals surface area contributed by atoms with Crippen LogP contribution < -0.4 is 10.4 Å². The first-order valence-electron chi connectivity index (χ1n) is 11.1. The molecule has 1 aliphatic rings. The highest BCUT2D eigenvalue weighted by molar-refractivity contribution is 6.99. The second kappa shape index (κ2) is 8.95. The maximum absolute atomic E-state index is 7.12. The summed E-state index contributed by atoms with van der Waals surface area (Å²) >= 11 is 0. The molecule has 0 spiro atoms. The van der Waals surface area contributed by atoms with Gasteiger partial charge in [0, 0.05) is 18.4 Å². The van der Waals surface area contributed by atoms with Crippen molar-refractivity contribution in [3.05, 3.63) is 60.7 Å². The van der Waals surface area contributed by atoms with Gasteiger partial charge in [0.2, 0.25) is 0 Å². The van der Waals surface area contributed by atoms with E-state index in [9.17, 15) is 0 Å². The number of rotatable bonds is 6. The molecule has 2 aromatic carbocycles. The van der Waals surface area contributed by atoms with Crippen LogP contribution in [0, 0.1) is 11.8 Å². The van der Waals surface area contributed by atoms with Crippen LogP contribution in [0.2, 0.25) is 5.04 Å². The van der Waals surface area contributed by atoms with E-state index in [4.69, 9.17) is 13.9 Å². The third-order valence-electron chi connectivity index (χ3n) is 6.21. The lowest BCUT2D eigenvalue weighted by atomic mass is 9.93. The van der Waals surface area contributed by atoms with Crippen molar-refractivity contribution in [3.63, 3.8) is 0 Å². The van der Waals surface area contributed by atoms with Crippen LogP contribution in [0.15, 0.2) is 60.7 Å². The molecule has 2 aromatic rings. The molecular formula is C26H38O3Si. The van der Waals surface area contributed by atoms with Crippen LogP contribution >= 0.6 is 0 Å². The zero-order chi connectivity index (χ0) is 22.0. The summed E-state index contributed by atoms with van der Waals surface area (Å²) in [7, 11) is -2.52. The molecule has 164 valence electrons. The molecule has 0 bridgehead atoms. The van der Waals surface area contributed by atoms with Gasteiger partial charge in [0.1, 0.15) is 0 Å².